The van der Waals surface area contributed by atoms with Gasteiger partial charge in [-0.1, -0.05) is 41.8 Å². The number of anilines is 1. The van der Waals surface area contributed by atoms with Gasteiger partial charge < -0.3 is 5.32 Å². The number of halogens is 1. The molecule has 2 aromatic carbocycles. The largest absolute Gasteiger partial charge is 0.352 e. The maximum absolute atomic E-state index is 13.4. The number of aryl methyl sites for hydroxylation is 1. The van der Waals surface area contributed by atoms with Gasteiger partial charge in [-0.3, -0.25) is 9.10 Å². The van der Waals surface area contributed by atoms with Crippen LogP contribution in [0.25, 0.3) is 0 Å². The number of nitrogens with zero attached hydrogens (tertiary/aromatic N) is 1. The molecule has 0 unspecified atom stereocenters. The topological polar surface area (TPSA) is 66.5 Å². The van der Waals surface area contributed by atoms with E-state index in [9.17, 15) is 13.2 Å². The zero-order valence-corrected chi connectivity index (χ0v) is 17.9. The van der Waals surface area contributed by atoms with Crippen LogP contribution in [0, 0.1) is 18.8 Å². The monoisotopic (exact) mass is 432 g/mol. The first-order valence-corrected chi connectivity index (χ1v) is 11.8. The van der Waals surface area contributed by atoms with E-state index < -0.39 is 10.0 Å². The van der Waals surface area contributed by atoms with Crippen molar-refractivity contribution in [2.75, 3.05) is 10.8 Å². The van der Waals surface area contributed by atoms with E-state index in [0.717, 1.165) is 22.7 Å². The van der Waals surface area contributed by atoms with Crippen molar-refractivity contribution < 1.29 is 13.2 Å². The number of nitrogens with one attached hydrogen (secondary N) is 1. The Morgan fingerprint density at radius 2 is 1.90 bits per heavy atom. The number of rotatable bonds is 6. The van der Waals surface area contributed by atoms with E-state index in [1.807, 2.05) is 6.92 Å². The molecule has 2 fully saturated rings. The number of carbonyl (C=O) groups excluding carboxylic acids is 1. The van der Waals surface area contributed by atoms with Crippen molar-refractivity contribution in [1.29, 1.82) is 0 Å². The number of hydrogen-bond donors (Lipinski definition) is 1. The number of sulfonamides is 1. The summed E-state index contributed by atoms with van der Waals surface area (Å²) in [6.45, 7) is 1.62. The van der Waals surface area contributed by atoms with Crippen LogP contribution < -0.4 is 9.62 Å². The lowest BCUT2D eigenvalue weighted by molar-refractivity contribution is -0.120. The van der Waals surface area contributed by atoms with Gasteiger partial charge in [0.1, 0.15) is 6.54 Å². The SMILES string of the molecule is Cc1ccc(S(=O)(=O)N(CC(=O)N[C@H]2C[C@H]3CC[C@H]2C3)c2cccc(Cl)c2)cc1. The molecule has 0 heterocycles. The fourth-order valence-electron chi connectivity index (χ4n) is 4.59. The van der Waals surface area contributed by atoms with Crippen LogP contribution in [-0.2, 0) is 14.8 Å². The third kappa shape index (κ3) is 4.28. The van der Waals surface area contributed by atoms with Gasteiger partial charge in [-0.05, 0) is 68.4 Å². The average Bonchev–Trinajstić information content (AvgIpc) is 3.29. The van der Waals surface area contributed by atoms with Crippen molar-refractivity contribution in [3.8, 4) is 0 Å². The number of amides is 1. The predicted molar refractivity (Wildman–Crippen MR) is 115 cm³/mol. The zero-order valence-electron chi connectivity index (χ0n) is 16.3. The van der Waals surface area contributed by atoms with E-state index in [4.69, 9.17) is 11.6 Å². The fraction of sp³-hybridized carbons (Fsp3) is 0.409. The third-order valence-corrected chi connectivity index (χ3v) is 8.10. The van der Waals surface area contributed by atoms with Crippen molar-refractivity contribution in [2.24, 2.45) is 11.8 Å². The second-order valence-corrected chi connectivity index (χ2v) is 10.5. The summed E-state index contributed by atoms with van der Waals surface area (Å²) in [6.07, 6.45) is 4.56. The molecule has 2 aliphatic rings. The van der Waals surface area contributed by atoms with Crippen molar-refractivity contribution in [1.82, 2.24) is 5.32 Å². The summed E-state index contributed by atoms with van der Waals surface area (Å²) in [6, 6.07) is 13.4. The molecule has 4 rings (SSSR count). The lowest BCUT2D eigenvalue weighted by Gasteiger charge is -2.27. The molecule has 29 heavy (non-hydrogen) atoms. The molecule has 2 aromatic rings. The Balaban J connectivity index is 1.60. The Bertz CT molecular complexity index is 1010. The van der Waals surface area contributed by atoms with Crippen LogP contribution in [0.4, 0.5) is 5.69 Å². The highest BCUT2D eigenvalue weighted by atomic mass is 35.5. The number of benzene rings is 2. The molecule has 154 valence electrons. The minimum absolute atomic E-state index is 0.149. The minimum Gasteiger partial charge on any atom is -0.352 e. The van der Waals surface area contributed by atoms with Crippen molar-refractivity contribution in [2.45, 2.75) is 43.5 Å². The first-order valence-electron chi connectivity index (χ1n) is 9.97. The third-order valence-electron chi connectivity index (χ3n) is 6.08. The highest BCUT2D eigenvalue weighted by Gasteiger charge is 2.40. The van der Waals surface area contributed by atoms with E-state index in [0.29, 0.717) is 22.5 Å². The van der Waals surface area contributed by atoms with E-state index in [1.165, 1.54) is 12.8 Å². The van der Waals surface area contributed by atoms with E-state index >= 15 is 0 Å². The summed E-state index contributed by atoms with van der Waals surface area (Å²) in [5.74, 6) is 0.945. The molecule has 0 aliphatic heterocycles. The number of fused-ring (bicyclic) bond motifs is 2. The van der Waals surface area contributed by atoms with Crippen LogP contribution in [0.15, 0.2) is 53.4 Å². The van der Waals surface area contributed by atoms with Gasteiger partial charge >= 0.3 is 0 Å². The second-order valence-electron chi connectivity index (χ2n) is 8.15. The zero-order chi connectivity index (χ0) is 20.6. The summed E-state index contributed by atoms with van der Waals surface area (Å²) in [4.78, 5) is 13.0. The average molecular weight is 433 g/mol. The molecule has 1 N–H and O–H groups in total. The Hall–Kier alpha value is -2.05. The summed E-state index contributed by atoms with van der Waals surface area (Å²) >= 11 is 6.10. The van der Waals surface area contributed by atoms with Crippen molar-refractivity contribution >= 4 is 33.2 Å². The van der Waals surface area contributed by atoms with Gasteiger partial charge in [0.25, 0.3) is 10.0 Å². The highest BCUT2D eigenvalue weighted by molar-refractivity contribution is 7.92. The first-order chi connectivity index (χ1) is 13.8. The molecule has 1 amide bonds. The smallest absolute Gasteiger partial charge is 0.264 e. The standard InChI is InChI=1S/C22H25ClN2O3S/c1-15-5-9-20(10-6-15)29(27,28)25(19-4-2-3-18(23)13-19)14-22(26)24-21-12-16-7-8-17(21)11-16/h2-6,9-10,13,16-17,21H,7-8,11-12,14H2,1H3,(H,24,26)/t16-,17-,21-/m0/s1. The molecule has 7 heteroatoms. The molecular formula is C22H25ClN2O3S. The van der Waals surface area contributed by atoms with Gasteiger partial charge in [0.2, 0.25) is 5.91 Å². The number of hydrogen-bond acceptors (Lipinski definition) is 3. The maximum atomic E-state index is 13.4. The molecule has 2 saturated carbocycles. The Labute approximate surface area is 177 Å². The van der Waals surface area contributed by atoms with Gasteiger partial charge in [0.15, 0.2) is 0 Å². The molecule has 0 spiro atoms. The Morgan fingerprint density at radius 3 is 2.52 bits per heavy atom. The maximum Gasteiger partial charge on any atom is 0.264 e. The van der Waals surface area contributed by atoms with Crippen molar-refractivity contribution in [3.05, 3.63) is 59.1 Å². The van der Waals surface area contributed by atoms with Gasteiger partial charge in [-0.15, -0.1) is 0 Å². The summed E-state index contributed by atoms with van der Waals surface area (Å²) in [7, 11) is -3.91. The van der Waals surface area contributed by atoms with Crippen LogP contribution in [0.5, 0.6) is 0 Å². The normalized spacial score (nSPS) is 23.2. The first kappa shape index (κ1) is 20.2. The van der Waals surface area contributed by atoms with Gasteiger partial charge in [0, 0.05) is 11.1 Å². The molecule has 3 atom stereocenters. The molecular weight excluding hydrogens is 408 g/mol. The van der Waals surface area contributed by atoms with Crippen LogP contribution >= 0.6 is 11.6 Å². The Kier molecular flexibility index (Phi) is 5.58. The molecule has 0 radical (unpaired) electrons. The molecule has 0 aromatic heterocycles. The lowest BCUT2D eigenvalue weighted by atomic mass is 9.95. The van der Waals surface area contributed by atoms with Gasteiger partial charge in [-0.25, -0.2) is 8.42 Å². The fourth-order valence-corrected chi connectivity index (χ4v) is 6.19. The summed E-state index contributed by atoms with van der Waals surface area (Å²) in [5, 5.41) is 3.50. The molecule has 2 aliphatic carbocycles. The quantitative estimate of drug-likeness (QED) is 0.745. The highest BCUT2D eigenvalue weighted by Crippen LogP contribution is 2.44. The Morgan fingerprint density at radius 1 is 1.14 bits per heavy atom. The van der Waals surface area contributed by atoms with Crippen LogP contribution in [0.3, 0.4) is 0 Å². The minimum atomic E-state index is -3.91. The van der Waals surface area contributed by atoms with Crippen LogP contribution in [0.2, 0.25) is 5.02 Å². The summed E-state index contributed by atoms with van der Waals surface area (Å²) in [5.41, 5.74) is 1.34. The molecule has 0 saturated heterocycles. The molecule has 2 bridgehead atoms. The summed E-state index contributed by atoms with van der Waals surface area (Å²) < 4.78 is 27.9. The van der Waals surface area contributed by atoms with Crippen LogP contribution in [0.1, 0.15) is 31.2 Å². The second kappa shape index (κ2) is 8.00. The van der Waals surface area contributed by atoms with Crippen LogP contribution in [-0.4, -0.2) is 26.9 Å². The van der Waals surface area contributed by atoms with Gasteiger partial charge in [0.05, 0.1) is 10.6 Å². The van der Waals surface area contributed by atoms with E-state index in [-0.39, 0.29) is 23.4 Å². The lowest BCUT2D eigenvalue weighted by Crippen LogP contribution is -2.46. The van der Waals surface area contributed by atoms with E-state index in [2.05, 4.69) is 5.32 Å². The van der Waals surface area contributed by atoms with Gasteiger partial charge in [-0.2, -0.15) is 0 Å². The molecule has 5 nitrogen and oxygen atoms in total. The predicted octanol–water partition coefficient (Wildman–Crippen LogP) is 4.15. The van der Waals surface area contributed by atoms with Crippen molar-refractivity contribution in [3.63, 3.8) is 0 Å². The van der Waals surface area contributed by atoms with E-state index in [1.54, 1.807) is 48.5 Å². The number of carbonyl (C=O) groups is 1.